The Bertz CT molecular complexity index is 1120. The van der Waals surface area contributed by atoms with Crippen LogP contribution in [0.2, 0.25) is 0 Å². The fourth-order valence-corrected chi connectivity index (χ4v) is 4.45. The highest BCUT2D eigenvalue weighted by molar-refractivity contribution is 5.94. The minimum Gasteiger partial charge on any atom is -0.326 e. The van der Waals surface area contributed by atoms with Crippen molar-refractivity contribution in [2.45, 2.75) is 66.7 Å². The van der Waals surface area contributed by atoms with Crippen LogP contribution in [0.5, 0.6) is 0 Å². The molecule has 0 bridgehead atoms. The molecule has 3 aromatic rings. The summed E-state index contributed by atoms with van der Waals surface area (Å²) in [6.45, 7) is 12.1. The zero-order valence-corrected chi connectivity index (χ0v) is 20.4. The molecule has 2 aromatic carbocycles. The smallest absolute Gasteiger partial charge is 0.325 e. The first-order valence-electron chi connectivity index (χ1n) is 12.2. The van der Waals surface area contributed by atoms with Crippen LogP contribution >= 0.6 is 0 Å². The second-order valence-electron chi connectivity index (χ2n) is 9.99. The third-order valence-corrected chi connectivity index (χ3v) is 6.48. The summed E-state index contributed by atoms with van der Waals surface area (Å²) in [7, 11) is 0. The standard InChI is InChI=1S/C27H37N5O/c1-19(2)11-13-30-17-22-7-5-6-8-24(22)32(27(30)33)18-26-29-23-15-21(16-28)9-10-25(23)31(26)14-12-20(3)4/h5-10,15,19-20H,11-14,16-18,28H2,1-4H3. The van der Waals surface area contributed by atoms with Crippen LogP contribution in [-0.2, 0) is 26.2 Å². The average Bonchev–Trinajstić information content (AvgIpc) is 3.14. The van der Waals surface area contributed by atoms with Gasteiger partial charge < -0.3 is 15.2 Å². The Morgan fingerprint density at radius 1 is 1.00 bits per heavy atom. The molecule has 33 heavy (non-hydrogen) atoms. The first-order valence-corrected chi connectivity index (χ1v) is 12.2. The van der Waals surface area contributed by atoms with Crippen molar-refractivity contribution in [3.05, 3.63) is 59.4 Å². The first kappa shape index (κ1) is 23.3. The van der Waals surface area contributed by atoms with Gasteiger partial charge in [0.05, 0.1) is 23.3 Å². The average molecular weight is 448 g/mol. The van der Waals surface area contributed by atoms with Crippen LogP contribution in [-0.4, -0.2) is 27.0 Å². The van der Waals surface area contributed by atoms with E-state index in [1.165, 1.54) is 5.56 Å². The Labute approximate surface area is 197 Å². The molecule has 176 valence electrons. The largest absolute Gasteiger partial charge is 0.326 e. The molecule has 1 aromatic heterocycles. The molecule has 0 radical (unpaired) electrons. The molecule has 0 atom stereocenters. The molecule has 0 spiro atoms. The van der Waals surface area contributed by atoms with Crippen molar-refractivity contribution < 1.29 is 4.79 Å². The van der Waals surface area contributed by atoms with Crippen molar-refractivity contribution in [2.24, 2.45) is 17.6 Å². The van der Waals surface area contributed by atoms with E-state index in [1.54, 1.807) is 0 Å². The number of benzene rings is 2. The van der Waals surface area contributed by atoms with Crippen molar-refractivity contribution in [3.63, 3.8) is 0 Å². The highest BCUT2D eigenvalue weighted by atomic mass is 16.2. The number of nitrogens with zero attached hydrogens (tertiary/aromatic N) is 4. The molecular weight excluding hydrogens is 410 g/mol. The van der Waals surface area contributed by atoms with Crippen LogP contribution in [0.25, 0.3) is 11.0 Å². The van der Waals surface area contributed by atoms with Gasteiger partial charge in [0.2, 0.25) is 0 Å². The molecule has 6 nitrogen and oxygen atoms in total. The number of fused-ring (bicyclic) bond motifs is 2. The van der Waals surface area contributed by atoms with E-state index < -0.39 is 0 Å². The van der Waals surface area contributed by atoms with Gasteiger partial charge in [0, 0.05) is 26.2 Å². The van der Waals surface area contributed by atoms with Crippen molar-refractivity contribution in [2.75, 3.05) is 11.4 Å². The molecule has 2 amide bonds. The number of para-hydroxylation sites is 1. The number of rotatable bonds is 9. The van der Waals surface area contributed by atoms with Crippen LogP contribution in [0.4, 0.5) is 10.5 Å². The lowest BCUT2D eigenvalue weighted by atomic mass is 10.1. The van der Waals surface area contributed by atoms with Gasteiger partial charge in [0.15, 0.2) is 0 Å². The SMILES string of the molecule is CC(C)CCN1Cc2ccccc2N(Cc2nc3cc(CN)ccc3n2CCC(C)C)C1=O. The summed E-state index contributed by atoms with van der Waals surface area (Å²) in [5, 5.41) is 0. The molecular formula is C27H37N5O. The quantitative estimate of drug-likeness (QED) is 0.469. The van der Waals surface area contributed by atoms with Gasteiger partial charge in [-0.15, -0.1) is 0 Å². The zero-order valence-electron chi connectivity index (χ0n) is 20.4. The fourth-order valence-electron chi connectivity index (χ4n) is 4.45. The van der Waals surface area contributed by atoms with Gasteiger partial charge in [-0.05, 0) is 54.0 Å². The molecule has 4 rings (SSSR count). The topological polar surface area (TPSA) is 67.4 Å². The number of aromatic nitrogens is 2. The number of amides is 2. The fraction of sp³-hybridized carbons (Fsp3) is 0.481. The second kappa shape index (κ2) is 9.96. The Balaban J connectivity index is 1.72. The van der Waals surface area contributed by atoms with Gasteiger partial charge in [-0.1, -0.05) is 52.0 Å². The number of nitrogens with two attached hydrogens (primary N) is 1. The number of aryl methyl sites for hydroxylation is 1. The summed E-state index contributed by atoms with van der Waals surface area (Å²) in [6.07, 6.45) is 2.05. The molecule has 6 heteroatoms. The third-order valence-electron chi connectivity index (χ3n) is 6.48. The summed E-state index contributed by atoms with van der Waals surface area (Å²) >= 11 is 0. The molecule has 0 unspecified atom stereocenters. The molecule has 1 aliphatic heterocycles. The van der Waals surface area contributed by atoms with Gasteiger partial charge in [-0.2, -0.15) is 0 Å². The maximum atomic E-state index is 13.6. The highest BCUT2D eigenvalue weighted by Crippen LogP contribution is 2.31. The van der Waals surface area contributed by atoms with Gasteiger partial charge in [0.1, 0.15) is 5.82 Å². The molecule has 0 fully saturated rings. The number of anilines is 1. The van der Waals surface area contributed by atoms with Crippen LogP contribution < -0.4 is 10.6 Å². The van der Waals surface area contributed by atoms with Crippen LogP contribution in [0.15, 0.2) is 42.5 Å². The van der Waals surface area contributed by atoms with E-state index in [1.807, 2.05) is 15.9 Å². The van der Waals surface area contributed by atoms with Crippen LogP contribution in [0.3, 0.4) is 0 Å². The Morgan fingerprint density at radius 2 is 1.73 bits per heavy atom. The predicted octanol–water partition coefficient (Wildman–Crippen LogP) is 5.53. The molecule has 0 saturated carbocycles. The monoisotopic (exact) mass is 447 g/mol. The van der Waals surface area contributed by atoms with Crippen LogP contribution in [0.1, 0.15) is 57.5 Å². The van der Waals surface area contributed by atoms with Gasteiger partial charge in [-0.3, -0.25) is 4.90 Å². The van der Waals surface area contributed by atoms with E-state index in [4.69, 9.17) is 10.7 Å². The Hall–Kier alpha value is -2.86. The van der Waals surface area contributed by atoms with Crippen molar-refractivity contribution in [3.8, 4) is 0 Å². The zero-order chi connectivity index (χ0) is 23.5. The van der Waals surface area contributed by atoms with Crippen molar-refractivity contribution >= 4 is 22.8 Å². The van der Waals surface area contributed by atoms with Gasteiger partial charge in [-0.25, -0.2) is 9.78 Å². The molecule has 0 saturated heterocycles. The van der Waals surface area contributed by atoms with Crippen LogP contribution in [0, 0.1) is 11.8 Å². The number of carbonyl (C=O) groups is 1. The molecule has 2 N–H and O–H groups in total. The van der Waals surface area contributed by atoms with E-state index in [2.05, 4.69) is 68.7 Å². The lowest BCUT2D eigenvalue weighted by Crippen LogP contribution is -2.47. The minimum atomic E-state index is 0.0689. The molecule has 1 aliphatic rings. The Morgan fingerprint density at radius 3 is 2.45 bits per heavy atom. The number of carbonyl (C=O) groups excluding carboxylic acids is 1. The number of hydrogen-bond acceptors (Lipinski definition) is 3. The highest BCUT2D eigenvalue weighted by Gasteiger charge is 2.31. The van der Waals surface area contributed by atoms with Gasteiger partial charge in [0.25, 0.3) is 0 Å². The predicted molar refractivity (Wildman–Crippen MR) is 135 cm³/mol. The number of urea groups is 1. The summed E-state index contributed by atoms with van der Waals surface area (Å²) in [6, 6.07) is 14.6. The van der Waals surface area contributed by atoms with E-state index in [9.17, 15) is 4.79 Å². The maximum Gasteiger partial charge on any atom is 0.325 e. The molecule has 0 aliphatic carbocycles. The third kappa shape index (κ3) is 5.06. The lowest BCUT2D eigenvalue weighted by Gasteiger charge is -2.37. The van der Waals surface area contributed by atoms with Gasteiger partial charge >= 0.3 is 6.03 Å². The maximum absolute atomic E-state index is 13.6. The first-order chi connectivity index (χ1) is 15.9. The number of imidazole rings is 1. The van der Waals surface area contributed by atoms with Crippen molar-refractivity contribution in [1.82, 2.24) is 14.5 Å². The number of hydrogen-bond donors (Lipinski definition) is 1. The Kier molecular flexibility index (Phi) is 7.03. The van der Waals surface area contributed by atoms with E-state index >= 15 is 0 Å². The normalized spacial score (nSPS) is 14.1. The summed E-state index contributed by atoms with van der Waals surface area (Å²) in [5.74, 6) is 2.07. The summed E-state index contributed by atoms with van der Waals surface area (Å²) in [4.78, 5) is 22.5. The molecule has 2 heterocycles. The van der Waals surface area contributed by atoms with E-state index in [0.717, 1.165) is 54.0 Å². The lowest BCUT2D eigenvalue weighted by molar-refractivity contribution is 0.194. The summed E-state index contributed by atoms with van der Waals surface area (Å²) in [5.41, 5.74) is 11.2. The van der Waals surface area contributed by atoms with E-state index in [0.29, 0.717) is 31.5 Å². The summed E-state index contributed by atoms with van der Waals surface area (Å²) < 4.78 is 2.29. The minimum absolute atomic E-state index is 0.0689. The van der Waals surface area contributed by atoms with Crippen molar-refractivity contribution in [1.29, 1.82) is 0 Å². The second-order valence-corrected chi connectivity index (χ2v) is 9.99. The van der Waals surface area contributed by atoms with E-state index in [-0.39, 0.29) is 6.03 Å².